The number of likely N-dealkylation sites (tertiary alicyclic amines) is 1. The Hall–Kier alpha value is -1.12. The molecule has 0 aromatic carbocycles. The number of hydrogen-bond donors (Lipinski definition) is 0. The number of amides is 1. The van der Waals surface area contributed by atoms with E-state index in [2.05, 4.69) is 17.9 Å². The first-order chi connectivity index (χ1) is 10.2. The summed E-state index contributed by atoms with van der Waals surface area (Å²) in [7, 11) is 0. The van der Waals surface area contributed by atoms with Crippen LogP contribution >= 0.6 is 0 Å². The van der Waals surface area contributed by atoms with Crippen LogP contribution in [0.2, 0.25) is 0 Å². The van der Waals surface area contributed by atoms with Crippen LogP contribution < -0.4 is 0 Å². The van der Waals surface area contributed by atoms with Gasteiger partial charge in [-0.2, -0.15) is 5.26 Å². The third-order valence-electron chi connectivity index (χ3n) is 4.68. The zero-order valence-corrected chi connectivity index (χ0v) is 13.1. The summed E-state index contributed by atoms with van der Waals surface area (Å²) >= 11 is 0. The third kappa shape index (κ3) is 4.69. The molecule has 1 atom stereocenters. The van der Waals surface area contributed by atoms with Gasteiger partial charge in [-0.25, -0.2) is 0 Å². The maximum absolute atomic E-state index is 12.6. The summed E-state index contributed by atoms with van der Waals surface area (Å²) in [6.07, 6.45) is 5.87. The first kappa shape index (κ1) is 16.3. The zero-order valence-electron chi connectivity index (χ0n) is 13.1. The number of hydrogen-bond acceptors (Lipinski definition) is 4. The van der Waals surface area contributed by atoms with Crippen LogP contribution in [-0.4, -0.2) is 60.6 Å². The maximum Gasteiger partial charge on any atom is 0.236 e. The second-order valence-electron chi connectivity index (χ2n) is 6.15. The van der Waals surface area contributed by atoms with Crippen LogP contribution in [0.1, 0.15) is 45.4 Å². The van der Waals surface area contributed by atoms with Gasteiger partial charge in [0.1, 0.15) is 0 Å². The van der Waals surface area contributed by atoms with Crippen LogP contribution in [0.3, 0.4) is 0 Å². The van der Waals surface area contributed by atoms with Crippen molar-refractivity contribution in [2.24, 2.45) is 0 Å². The molecule has 0 aromatic rings. The summed E-state index contributed by atoms with van der Waals surface area (Å²) in [6, 6.07) is 2.95. The van der Waals surface area contributed by atoms with Crippen LogP contribution in [-0.2, 0) is 9.53 Å². The van der Waals surface area contributed by atoms with Gasteiger partial charge < -0.3 is 9.64 Å². The van der Waals surface area contributed by atoms with Crippen molar-refractivity contribution in [3.05, 3.63) is 0 Å². The van der Waals surface area contributed by atoms with E-state index in [4.69, 9.17) is 10.00 Å². The molecule has 2 fully saturated rings. The van der Waals surface area contributed by atoms with Gasteiger partial charge in [0.2, 0.25) is 5.91 Å². The smallest absolute Gasteiger partial charge is 0.236 e. The number of piperidine rings is 1. The number of nitrogens with zero attached hydrogens (tertiary/aromatic N) is 3. The molecule has 0 N–H and O–H groups in total. The molecule has 0 radical (unpaired) electrons. The predicted molar refractivity (Wildman–Crippen MR) is 80.7 cm³/mol. The number of rotatable bonds is 5. The molecule has 0 bridgehead atoms. The number of ether oxygens (including phenoxy) is 1. The molecule has 1 amide bonds. The molecule has 0 spiro atoms. The molecule has 0 aromatic heterocycles. The van der Waals surface area contributed by atoms with Crippen molar-refractivity contribution in [3.8, 4) is 6.07 Å². The Balaban J connectivity index is 1.93. The molecule has 5 nitrogen and oxygen atoms in total. The molecule has 2 aliphatic heterocycles. The monoisotopic (exact) mass is 293 g/mol. The molecule has 118 valence electrons. The predicted octanol–water partition coefficient (Wildman–Crippen LogP) is 1.78. The number of nitriles is 1. The molecule has 2 saturated heterocycles. The highest BCUT2D eigenvalue weighted by atomic mass is 16.5. The first-order valence-electron chi connectivity index (χ1n) is 8.20. The van der Waals surface area contributed by atoms with E-state index < -0.39 is 0 Å². The average Bonchev–Trinajstić information content (AvgIpc) is 2.52. The molecule has 0 aliphatic carbocycles. The van der Waals surface area contributed by atoms with E-state index in [0.717, 1.165) is 45.4 Å². The highest BCUT2D eigenvalue weighted by molar-refractivity contribution is 5.78. The zero-order chi connectivity index (χ0) is 15.1. The second kappa shape index (κ2) is 8.35. The maximum atomic E-state index is 12.6. The van der Waals surface area contributed by atoms with Gasteiger partial charge >= 0.3 is 0 Å². The van der Waals surface area contributed by atoms with Crippen molar-refractivity contribution in [3.63, 3.8) is 0 Å². The van der Waals surface area contributed by atoms with Crippen LogP contribution in [0, 0.1) is 11.3 Å². The van der Waals surface area contributed by atoms with E-state index in [9.17, 15) is 4.79 Å². The molecule has 21 heavy (non-hydrogen) atoms. The van der Waals surface area contributed by atoms with Crippen molar-refractivity contribution in [1.82, 2.24) is 9.80 Å². The van der Waals surface area contributed by atoms with Gasteiger partial charge in [0.15, 0.2) is 0 Å². The Morgan fingerprint density at radius 3 is 2.76 bits per heavy atom. The molecule has 0 saturated carbocycles. The normalized spacial score (nSPS) is 24.0. The van der Waals surface area contributed by atoms with Crippen LogP contribution in [0.5, 0.6) is 0 Å². The number of carbonyl (C=O) groups excluding carboxylic acids is 1. The van der Waals surface area contributed by atoms with Crippen molar-refractivity contribution < 1.29 is 9.53 Å². The highest BCUT2D eigenvalue weighted by Gasteiger charge is 2.28. The molecule has 0 unspecified atom stereocenters. The lowest BCUT2D eigenvalue weighted by Gasteiger charge is -2.38. The Labute approximate surface area is 127 Å². The van der Waals surface area contributed by atoms with E-state index in [0.29, 0.717) is 31.6 Å². The minimum absolute atomic E-state index is 0.228. The third-order valence-corrected chi connectivity index (χ3v) is 4.68. The van der Waals surface area contributed by atoms with Crippen molar-refractivity contribution in [2.75, 3.05) is 32.8 Å². The fraction of sp³-hybridized carbons (Fsp3) is 0.875. The lowest BCUT2D eigenvalue weighted by molar-refractivity contribution is -0.136. The van der Waals surface area contributed by atoms with E-state index in [1.54, 1.807) is 0 Å². The van der Waals surface area contributed by atoms with Gasteiger partial charge in [0.05, 0.1) is 12.6 Å². The standard InChI is InChI=1S/C16H27N3O2/c1-14-5-2-3-10-19(14)16(20)13-18(9-4-8-17)15-6-11-21-12-7-15/h14-15H,2-7,9-13H2,1H3/t14-/m0/s1. The van der Waals surface area contributed by atoms with E-state index >= 15 is 0 Å². The van der Waals surface area contributed by atoms with Gasteiger partial charge in [0, 0.05) is 44.8 Å². The number of carbonyl (C=O) groups is 1. The minimum Gasteiger partial charge on any atom is -0.381 e. The van der Waals surface area contributed by atoms with Crippen molar-refractivity contribution in [2.45, 2.75) is 57.5 Å². The van der Waals surface area contributed by atoms with Gasteiger partial charge in [0.25, 0.3) is 0 Å². The molecule has 2 rings (SSSR count). The highest BCUT2D eigenvalue weighted by Crippen LogP contribution is 2.19. The minimum atomic E-state index is 0.228. The SMILES string of the molecule is C[C@H]1CCCCN1C(=O)CN(CCC#N)C1CCOCC1. The van der Waals surface area contributed by atoms with E-state index in [1.807, 2.05) is 4.90 Å². The van der Waals surface area contributed by atoms with Crippen molar-refractivity contribution >= 4 is 5.91 Å². The summed E-state index contributed by atoms with van der Waals surface area (Å²) in [5.41, 5.74) is 0. The van der Waals surface area contributed by atoms with E-state index in [-0.39, 0.29) is 5.91 Å². The lowest BCUT2D eigenvalue weighted by atomic mass is 10.0. The molecule has 2 aliphatic rings. The summed E-state index contributed by atoms with van der Waals surface area (Å²) < 4.78 is 5.41. The average molecular weight is 293 g/mol. The Bertz CT molecular complexity index is 374. The molecule has 2 heterocycles. The summed E-state index contributed by atoms with van der Waals surface area (Å²) in [6.45, 7) is 5.71. The molecular formula is C16H27N3O2. The van der Waals surface area contributed by atoms with Gasteiger partial charge in [-0.3, -0.25) is 9.69 Å². The quantitative estimate of drug-likeness (QED) is 0.775. The summed E-state index contributed by atoms with van der Waals surface area (Å²) in [4.78, 5) is 16.8. The van der Waals surface area contributed by atoms with Crippen LogP contribution in [0.25, 0.3) is 0 Å². The topological polar surface area (TPSA) is 56.6 Å². The van der Waals surface area contributed by atoms with E-state index in [1.165, 1.54) is 6.42 Å². The van der Waals surface area contributed by atoms with Crippen LogP contribution in [0.4, 0.5) is 0 Å². The van der Waals surface area contributed by atoms with Crippen molar-refractivity contribution in [1.29, 1.82) is 5.26 Å². The Kier molecular flexibility index (Phi) is 6.47. The first-order valence-corrected chi connectivity index (χ1v) is 8.20. The Morgan fingerprint density at radius 2 is 2.10 bits per heavy atom. The van der Waals surface area contributed by atoms with Crippen LogP contribution in [0.15, 0.2) is 0 Å². The lowest BCUT2D eigenvalue weighted by Crippen LogP contribution is -2.50. The fourth-order valence-corrected chi connectivity index (χ4v) is 3.37. The van der Waals surface area contributed by atoms with Gasteiger partial charge in [-0.1, -0.05) is 0 Å². The largest absolute Gasteiger partial charge is 0.381 e. The summed E-state index contributed by atoms with van der Waals surface area (Å²) in [5.74, 6) is 0.228. The van der Waals surface area contributed by atoms with Gasteiger partial charge in [-0.15, -0.1) is 0 Å². The molecular weight excluding hydrogens is 266 g/mol. The fourth-order valence-electron chi connectivity index (χ4n) is 3.37. The Morgan fingerprint density at radius 1 is 1.33 bits per heavy atom. The summed E-state index contributed by atoms with van der Waals surface area (Å²) in [5, 5.41) is 8.84. The second-order valence-corrected chi connectivity index (χ2v) is 6.15. The van der Waals surface area contributed by atoms with Gasteiger partial charge in [-0.05, 0) is 39.0 Å². The molecule has 5 heteroatoms.